The fraction of sp³-hybridized carbons (Fsp3) is 0.533. The SMILES string of the molecule is CC(C)CCNC(=O)NCc1ccc(CS(C)(=O)=O)cc1. The molecular formula is C15H24N2O3S. The van der Waals surface area contributed by atoms with E-state index in [4.69, 9.17) is 0 Å². The van der Waals surface area contributed by atoms with Gasteiger partial charge >= 0.3 is 6.03 Å². The molecule has 0 saturated heterocycles. The molecule has 1 aromatic rings. The monoisotopic (exact) mass is 312 g/mol. The lowest BCUT2D eigenvalue weighted by atomic mass is 10.1. The molecule has 0 aliphatic rings. The van der Waals surface area contributed by atoms with Crippen LogP contribution >= 0.6 is 0 Å². The van der Waals surface area contributed by atoms with Crippen LogP contribution in [0.1, 0.15) is 31.4 Å². The van der Waals surface area contributed by atoms with Gasteiger partial charge in [0.15, 0.2) is 9.84 Å². The number of sulfone groups is 1. The van der Waals surface area contributed by atoms with E-state index in [2.05, 4.69) is 24.5 Å². The molecule has 0 fully saturated rings. The van der Waals surface area contributed by atoms with Crippen molar-refractivity contribution in [1.82, 2.24) is 10.6 Å². The van der Waals surface area contributed by atoms with Crippen molar-refractivity contribution in [2.45, 2.75) is 32.6 Å². The minimum Gasteiger partial charge on any atom is -0.338 e. The molecule has 1 aromatic carbocycles. The second-order valence-corrected chi connectivity index (χ2v) is 7.82. The molecular weight excluding hydrogens is 288 g/mol. The van der Waals surface area contributed by atoms with E-state index in [1.165, 1.54) is 6.26 Å². The van der Waals surface area contributed by atoms with Crippen LogP contribution < -0.4 is 10.6 Å². The van der Waals surface area contributed by atoms with Crippen LogP contribution in [0.5, 0.6) is 0 Å². The van der Waals surface area contributed by atoms with Crippen LogP contribution in [0, 0.1) is 5.92 Å². The van der Waals surface area contributed by atoms with Crippen LogP contribution in [0.4, 0.5) is 4.79 Å². The third kappa shape index (κ3) is 8.34. The molecule has 21 heavy (non-hydrogen) atoms. The average Bonchev–Trinajstić information content (AvgIpc) is 2.35. The molecule has 2 N–H and O–H groups in total. The first-order valence-corrected chi connectivity index (χ1v) is 9.09. The van der Waals surface area contributed by atoms with Crippen molar-refractivity contribution in [3.8, 4) is 0 Å². The zero-order chi connectivity index (χ0) is 15.9. The van der Waals surface area contributed by atoms with Crippen molar-refractivity contribution < 1.29 is 13.2 Å². The van der Waals surface area contributed by atoms with E-state index in [1.54, 1.807) is 12.1 Å². The van der Waals surface area contributed by atoms with Crippen LogP contribution in [0.3, 0.4) is 0 Å². The summed E-state index contributed by atoms with van der Waals surface area (Å²) in [6.45, 7) is 5.30. The summed E-state index contributed by atoms with van der Waals surface area (Å²) in [4.78, 5) is 11.6. The highest BCUT2D eigenvalue weighted by molar-refractivity contribution is 7.89. The van der Waals surface area contributed by atoms with E-state index in [-0.39, 0.29) is 11.8 Å². The predicted molar refractivity (Wildman–Crippen MR) is 84.7 cm³/mol. The molecule has 6 heteroatoms. The second-order valence-electron chi connectivity index (χ2n) is 5.68. The summed E-state index contributed by atoms with van der Waals surface area (Å²) in [6, 6.07) is 7.02. The highest BCUT2D eigenvalue weighted by atomic mass is 32.2. The van der Waals surface area contributed by atoms with Crippen molar-refractivity contribution in [3.05, 3.63) is 35.4 Å². The molecule has 0 radical (unpaired) electrons. The molecule has 0 aliphatic heterocycles. The van der Waals surface area contributed by atoms with E-state index in [0.717, 1.165) is 17.5 Å². The molecule has 2 amide bonds. The Balaban J connectivity index is 2.37. The maximum atomic E-state index is 11.6. The number of amides is 2. The highest BCUT2D eigenvalue weighted by Crippen LogP contribution is 2.07. The van der Waals surface area contributed by atoms with E-state index in [1.807, 2.05) is 12.1 Å². The molecule has 0 heterocycles. The Morgan fingerprint density at radius 3 is 2.19 bits per heavy atom. The number of carbonyl (C=O) groups is 1. The van der Waals surface area contributed by atoms with Gasteiger partial charge in [-0.1, -0.05) is 38.1 Å². The summed E-state index contributed by atoms with van der Waals surface area (Å²) >= 11 is 0. The minimum atomic E-state index is -3.01. The molecule has 0 atom stereocenters. The fourth-order valence-electron chi connectivity index (χ4n) is 1.78. The first-order chi connectivity index (χ1) is 9.76. The zero-order valence-electron chi connectivity index (χ0n) is 12.8. The van der Waals surface area contributed by atoms with Gasteiger partial charge in [0.1, 0.15) is 0 Å². The van der Waals surface area contributed by atoms with Crippen molar-refractivity contribution >= 4 is 15.9 Å². The Hall–Kier alpha value is -1.56. The number of nitrogens with one attached hydrogen (secondary N) is 2. The normalized spacial score (nSPS) is 11.4. The third-order valence-corrected chi connectivity index (χ3v) is 3.77. The van der Waals surface area contributed by atoms with Gasteiger partial charge in [0, 0.05) is 19.3 Å². The molecule has 0 saturated carbocycles. The third-order valence-electron chi connectivity index (χ3n) is 2.91. The van der Waals surface area contributed by atoms with Crippen LogP contribution in [-0.2, 0) is 22.1 Å². The van der Waals surface area contributed by atoms with Gasteiger partial charge < -0.3 is 10.6 Å². The van der Waals surface area contributed by atoms with Gasteiger partial charge in [0.25, 0.3) is 0 Å². The van der Waals surface area contributed by atoms with E-state index in [9.17, 15) is 13.2 Å². The Labute approximate surface area is 127 Å². The lowest BCUT2D eigenvalue weighted by molar-refractivity contribution is 0.240. The molecule has 0 aliphatic carbocycles. The van der Waals surface area contributed by atoms with Crippen molar-refractivity contribution in [2.75, 3.05) is 12.8 Å². The zero-order valence-corrected chi connectivity index (χ0v) is 13.7. The van der Waals surface area contributed by atoms with E-state index < -0.39 is 9.84 Å². The van der Waals surface area contributed by atoms with Crippen LogP contribution in [0.2, 0.25) is 0 Å². The summed E-state index contributed by atoms with van der Waals surface area (Å²) in [6.07, 6.45) is 2.16. The Morgan fingerprint density at radius 2 is 1.67 bits per heavy atom. The smallest absolute Gasteiger partial charge is 0.315 e. The predicted octanol–water partition coefficient (Wildman–Crippen LogP) is 2.08. The first kappa shape index (κ1) is 17.5. The molecule has 1 rings (SSSR count). The number of hydrogen-bond acceptors (Lipinski definition) is 3. The van der Waals surface area contributed by atoms with E-state index in [0.29, 0.717) is 19.0 Å². The van der Waals surface area contributed by atoms with Gasteiger partial charge in [-0.05, 0) is 23.5 Å². The van der Waals surface area contributed by atoms with Crippen molar-refractivity contribution in [3.63, 3.8) is 0 Å². The van der Waals surface area contributed by atoms with Gasteiger partial charge in [0.05, 0.1) is 5.75 Å². The maximum Gasteiger partial charge on any atom is 0.315 e. The minimum absolute atomic E-state index is 0.0381. The van der Waals surface area contributed by atoms with E-state index >= 15 is 0 Å². The maximum absolute atomic E-state index is 11.6. The lowest BCUT2D eigenvalue weighted by Crippen LogP contribution is -2.35. The number of hydrogen-bond donors (Lipinski definition) is 2. The topological polar surface area (TPSA) is 75.3 Å². The Kier molecular flexibility index (Phi) is 6.68. The van der Waals surface area contributed by atoms with Crippen molar-refractivity contribution in [2.24, 2.45) is 5.92 Å². The van der Waals surface area contributed by atoms with Gasteiger partial charge in [-0.2, -0.15) is 0 Å². The first-order valence-electron chi connectivity index (χ1n) is 7.03. The van der Waals surface area contributed by atoms with Gasteiger partial charge in [-0.3, -0.25) is 0 Å². The lowest BCUT2D eigenvalue weighted by Gasteiger charge is -2.09. The van der Waals surface area contributed by atoms with Crippen LogP contribution in [0.25, 0.3) is 0 Å². The summed E-state index contributed by atoms with van der Waals surface area (Å²) in [5, 5.41) is 5.57. The number of rotatable bonds is 7. The van der Waals surface area contributed by atoms with Gasteiger partial charge in [0.2, 0.25) is 0 Å². The highest BCUT2D eigenvalue weighted by Gasteiger charge is 2.05. The second kappa shape index (κ2) is 8.02. The average molecular weight is 312 g/mol. The molecule has 0 unspecified atom stereocenters. The Morgan fingerprint density at radius 1 is 1.10 bits per heavy atom. The molecule has 0 spiro atoms. The standard InChI is InChI=1S/C15H24N2O3S/c1-12(2)8-9-16-15(18)17-10-13-4-6-14(7-5-13)11-21(3,19)20/h4-7,12H,8-11H2,1-3H3,(H2,16,17,18). The fourth-order valence-corrected chi connectivity index (χ4v) is 2.57. The molecule has 118 valence electrons. The summed E-state index contributed by atoms with van der Waals surface area (Å²) in [7, 11) is -3.01. The van der Waals surface area contributed by atoms with Crippen LogP contribution in [0.15, 0.2) is 24.3 Å². The van der Waals surface area contributed by atoms with Crippen LogP contribution in [-0.4, -0.2) is 27.2 Å². The Bertz CT molecular complexity index is 551. The number of benzene rings is 1. The van der Waals surface area contributed by atoms with Crippen molar-refractivity contribution in [1.29, 1.82) is 0 Å². The number of carbonyl (C=O) groups excluding carboxylic acids is 1. The summed E-state index contributed by atoms with van der Waals surface area (Å²) in [5.41, 5.74) is 1.69. The quantitative estimate of drug-likeness (QED) is 0.809. The summed E-state index contributed by atoms with van der Waals surface area (Å²) < 4.78 is 22.4. The largest absolute Gasteiger partial charge is 0.338 e. The molecule has 0 aromatic heterocycles. The number of urea groups is 1. The molecule has 5 nitrogen and oxygen atoms in total. The molecule has 0 bridgehead atoms. The summed E-state index contributed by atoms with van der Waals surface area (Å²) in [5.74, 6) is 0.601. The van der Waals surface area contributed by atoms with Gasteiger partial charge in [-0.15, -0.1) is 0 Å². The van der Waals surface area contributed by atoms with Gasteiger partial charge in [-0.25, -0.2) is 13.2 Å².